The molecular formula is C34H34O10. The van der Waals surface area contributed by atoms with E-state index >= 15 is 0 Å². The highest BCUT2D eigenvalue weighted by molar-refractivity contribution is 6.21. The van der Waals surface area contributed by atoms with E-state index in [0.717, 1.165) is 0 Å². The zero-order valence-electron chi connectivity index (χ0n) is 25.3. The molecule has 0 spiro atoms. The van der Waals surface area contributed by atoms with Crippen molar-refractivity contribution >= 4 is 33.1 Å². The molecular weight excluding hydrogens is 568 g/mol. The Morgan fingerprint density at radius 2 is 1.16 bits per heavy atom. The molecule has 0 amide bonds. The average Bonchev–Trinajstić information content (AvgIpc) is 2.90. The van der Waals surface area contributed by atoms with Gasteiger partial charge in [-0.15, -0.1) is 0 Å². The Hall–Kier alpha value is -4.54. The average molecular weight is 603 g/mol. The van der Waals surface area contributed by atoms with E-state index in [2.05, 4.69) is 0 Å². The van der Waals surface area contributed by atoms with Crippen LogP contribution in [0.1, 0.15) is 69.7 Å². The number of carbonyl (C=O) groups excluding carboxylic acids is 2. The Kier molecular flexibility index (Phi) is 6.36. The maximum Gasteiger partial charge on any atom is 0.169 e. The molecule has 2 atom stereocenters. The van der Waals surface area contributed by atoms with Crippen LogP contribution in [0.2, 0.25) is 0 Å². The number of methoxy groups -OCH3 is 2. The third-order valence-electron chi connectivity index (χ3n) is 9.11. The van der Waals surface area contributed by atoms with Gasteiger partial charge in [0.25, 0.3) is 0 Å². The van der Waals surface area contributed by atoms with Crippen LogP contribution in [-0.2, 0) is 12.8 Å². The van der Waals surface area contributed by atoms with Gasteiger partial charge in [0, 0.05) is 53.1 Å². The zero-order chi connectivity index (χ0) is 32.2. The van der Waals surface area contributed by atoms with E-state index in [-0.39, 0.29) is 98.0 Å². The lowest BCUT2D eigenvalue weighted by Crippen LogP contribution is -2.36. The molecule has 0 saturated carbocycles. The van der Waals surface area contributed by atoms with Crippen molar-refractivity contribution in [3.63, 3.8) is 0 Å². The van der Waals surface area contributed by atoms with Gasteiger partial charge in [0.15, 0.2) is 11.6 Å². The minimum atomic E-state index is -1.49. The molecule has 0 radical (unpaired) electrons. The van der Waals surface area contributed by atoms with Gasteiger partial charge >= 0.3 is 0 Å². The molecule has 0 fully saturated rings. The first-order valence-electron chi connectivity index (χ1n) is 14.2. The molecule has 0 saturated heterocycles. The van der Waals surface area contributed by atoms with E-state index in [1.807, 2.05) is 0 Å². The van der Waals surface area contributed by atoms with Crippen molar-refractivity contribution in [3.8, 4) is 45.6 Å². The molecule has 4 aromatic carbocycles. The molecule has 230 valence electrons. The number of hydrogen-bond acceptors (Lipinski definition) is 10. The van der Waals surface area contributed by atoms with Gasteiger partial charge in [-0.25, -0.2) is 0 Å². The molecule has 2 aliphatic carbocycles. The van der Waals surface area contributed by atoms with Gasteiger partial charge in [-0.2, -0.15) is 0 Å². The molecule has 2 aliphatic rings. The summed E-state index contributed by atoms with van der Waals surface area (Å²) >= 11 is 0. The van der Waals surface area contributed by atoms with Crippen LogP contribution in [-0.4, -0.2) is 67.6 Å². The molecule has 2 unspecified atom stereocenters. The number of phenols is 4. The second-order valence-electron chi connectivity index (χ2n) is 12.7. The highest BCUT2D eigenvalue weighted by atomic mass is 16.5. The number of carbonyl (C=O) groups is 2. The first-order chi connectivity index (χ1) is 20.5. The van der Waals surface area contributed by atoms with Gasteiger partial charge in [-0.1, -0.05) is 0 Å². The monoisotopic (exact) mass is 602 g/mol. The van der Waals surface area contributed by atoms with Crippen LogP contribution in [0.15, 0.2) is 12.1 Å². The third kappa shape index (κ3) is 4.01. The Labute approximate surface area is 252 Å². The second kappa shape index (κ2) is 9.48. The van der Waals surface area contributed by atoms with Gasteiger partial charge < -0.3 is 40.1 Å². The molecule has 0 heterocycles. The second-order valence-corrected chi connectivity index (χ2v) is 12.7. The lowest BCUT2D eigenvalue weighted by Gasteiger charge is -2.33. The standard InChI is InChI=1S/C34H34O10/c1-13-21(43-5)8-17-23(18-10-34(4,42)12-20(36)24(18)31(40)27(17)28(13)37)25-16-7-15-9-33(3,41)11-19(35)22(15)30(39)26(16)29(38)14(2)32(25)44-6/h7-8,37-42H,9-12H2,1-6H3. The lowest BCUT2D eigenvalue weighted by molar-refractivity contribution is 0.0396. The number of rotatable bonds is 3. The number of aromatic hydroxyl groups is 4. The molecule has 10 nitrogen and oxygen atoms in total. The van der Waals surface area contributed by atoms with E-state index < -0.39 is 34.3 Å². The van der Waals surface area contributed by atoms with E-state index in [4.69, 9.17) is 9.47 Å². The predicted octanol–water partition coefficient (Wildman–Crippen LogP) is 4.88. The van der Waals surface area contributed by atoms with Crippen LogP contribution in [0.5, 0.6) is 34.5 Å². The van der Waals surface area contributed by atoms with E-state index in [0.29, 0.717) is 16.7 Å². The van der Waals surface area contributed by atoms with Crippen molar-refractivity contribution in [3.05, 3.63) is 45.5 Å². The normalized spacial score (nSPS) is 21.5. The lowest BCUT2D eigenvalue weighted by atomic mass is 9.73. The Morgan fingerprint density at radius 1 is 0.636 bits per heavy atom. The first-order valence-corrected chi connectivity index (χ1v) is 14.2. The SMILES string of the molecule is COc1cc2c(-c3c(OC)c(C)c(O)c4c(O)c5c(cc34)CC(C)(O)CC5=O)c3c(c(O)c2c(O)c1C)C(=O)CC(C)(O)C3. The summed E-state index contributed by atoms with van der Waals surface area (Å²) in [6, 6.07) is 3.21. The van der Waals surface area contributed by atoms with Gasteiger partial charge in [-0.3, -0.25) is 9.59 Å². The number of hydrogen-bond donors (Lipinski definition) is 6. The van der Waals surface area contributed by atoms with Gasteiger partial charge in [0.1, 0.15) is 34.5 Å². The maximum absolute atomic E-state index is 13.6. The molecule has 4 aromatic rings. The quantitative estimate of drug-likeness (QED) is 0.190. The number of ether oxygens (including phenoxy) is 2. The fourth-order valence-electron chi connectivity index (χ4n) is 7.21. The highest BCUT2D eigenvalue weighted by Crippen LogP contribution is 2.57. The molecule has 0 aromatic heterocycles. The summed E-state index contributed by atoms with van der Waals surface area (Å²) in [4.78, 5) is 26.7. The van der Waals surface area contributed by atoms with E-state index in [9.17, 15) is 40.2 Å². The minimum Gasteiger partial charge on any atom is -0.507 e. The Bertz CT molecular complexity index is 1980. The van der Waals surface area contributed by atoms with Gasteiger partial charge in [-0.05, 0) is 56.5 Å². The Morgan fingerprint density at radius 3 is 1.75 bits per heavy atom. The van der Waals surface area contributed by atoms with E-state index in [1.165, 1.54) is 28.1 Å². The maximum atomic E-state index is 13.6. The summed E-state index contributed by atoms with van der Waals surface area (Å²) in [6.07, 6.45) is -0.526. The third-order valence-corrected chi connectivity index (χ3v) is 9.11. The summed E-state index contributed by atoms with van der Waals surface area (Å²) < 4.78 is 11.4. The molecule has 0 bridgehead atoms. The fraction of sp³-hybridized carbons (Fsp3) is 0.353. The Balaban J connectivity index is 1.92. The largest absolute Gasteiger partial charge is 0.507 e. The highest BCUT2D eigenvalue weighted by Gasteiger charge is 2.41. The van der Waals surface area contributed by atoms with Crippen LogP contribution in [0.4, 0.5) is 0 Å². The first kappa shape index (κ1) is 29.5. The summed E-state index contributed by atoms with van der Waals surface area (Å²) in [5.41, 5.74) is -1.20. The van der Waals surface area contributed by atoms with Crippen LogP contribution >= 0.6 is 0 Å². The number of ketones is 2. The summed E-state index contributed by atoms with van der Waals surface area (Å²) in [7, 11) is 2.82. The molecule has 6 rings (SSSR count). The van der Waals surface area contributed by atoms with Crippen LogP contribution in [0.3, 0.4) is 0 Å². The number of aliphatic hydroxyl groups is 2. The van der Waals surface area contributed by atoms with Crippen molar-refractivity contribution < 1.29 is 49.7 Å². The number of benzene rings is 4. The smallest absolute Gasteiger partial charge is 0.169 e. The van der Waals surface area contributed by atoms with Crippen molar-refractivity contribution in [1.29, 1.82) is 0 Å². The predicted molar refractivity (Wildman–Crippen MR) is 163 cm³/mol. The van der Waals surface area contributed by atoms with Crippen LogP contribution in [0, 0.1) is 13.8 Å². The summed E-state index contributed by atoms with van der Waals surface area (Å²) in [5, 5.41) is 68.3. The molecule has 0 aliphatic heterocycles. The molecule has 6 N–H and O–H groups in total. The van der Waals surface area contributed by atoms with Crippen molar-refractivity contribution in [2.24, 2.45) is 0 Å². The topological polar surface area (TPSA) is 174 Å². The summed E-state index contributed by atoms with van der Waals surface area (Å²) in [6.45, 7) is 6.21. The zero-order valence-corrected chi connectivity index (χ0v) is 25.3. The molecule has 10 heteroatoms. The van der Waals surface area contributed by atoms with Crippen LogP contribution in [0.25, 0.3) is 32.7 Å². The number of fused-ring (bicyclic) bond motifs is 4. The minimum absolute atomic E-state index is 0.000449. The van der Waals surface area contributed by atoms with Crippen molar-refractivity contribution in [1.82, 2.24) is 0 Å². The van der Waals surface area contributed by atoms with Gasteiger partial charge in [0.2, 0.25) is 0 Å². The van der Waals surface area contributed by atoms with Crippen LogP contribution < -0.4 is 9.47 Å². The summed E-state index contributed by atoms with van der Waals surface area (Å²) in [5.74, 6) is -2.12. The van der Waals surface area contributed by atoms with Crippen molar-refractivity contribution in [2.75, 3.05) is 14.2 Å². The van der Waals surface area contributed by atoms with E-state index in [1.54, 1.807) is 26.0 Å². The van der Waals surface area contributed by atoms with Gasteiger partial charge in [0.05, 0.1) is 47.3 Å². The van der Waals surface area contributed by atoms with Crippen molar-refractivity contribution in [2.45, 2.75) is 64.6 Å². The number of Topliss-reactive ketones (excluding diaryl/α,β-unsaturated/α-hetero) is 2. The molecule has 44 heavy (non-hydrogen) atoms. The fourth-order valence-corrected chi connectivity index (χ4v) is 7.21. The number of phenolic OH excluding ortho intramolecular Hbond substituents is 4.